The summed E-state index contributed by atoms with van der Waals surface area (Å²) in [5.74, 6) is 1.50. The molecule has 0 bridgehead atoms. The molecule has 0 spiro atoms. The molecule has 1 aliphatic rings. The molecular weight excluding hydrogens is 208 g/mol. The summed E-state index contributed by atoms with van der Waals surface area (Å²) in [6.45, 7) is 4.53. The Hall–Kier alpha value is -0.890. The topological polar surface area (TPSA) is 38.9 Å². The Morgan fingerprint density at radius 1 is 1.47 bits per heavy atom. The summed E-state index contributed by atoms with van der Waals surface area (Å²) in [6, 6.07) is 2.32. The van der Waals surface area contributed by atoms with Crippen molar-refractivity contribution in [2.75, 3.05) is 0 Å². The van der Waals surface area contributed by atoms with Gasteiger partial charge in [-0.15, -0.1) is 0 Å². The zero-order valence-electron chi connectivity index (χ0n) is 11.0. The van der Waals surface area contributed by atoms with Crippen molar-refractivity contribution < 1.29 is 0 Å². The van der Waals surface area contributed by atoms with Gasteiger partial charge >= 0.3 is 0 Å². The maximum atomic E-state index is 6.48. The van der Waals surface area contributed by atoms with Gasteiger partial charge in [-0.25, -0.2) is 0 Å². The van der Waals surface area contributed by atoms with Crippen LogP contribution in [0.1, 0.15) is 56.7 Å². The third kappa shape index (κ3) is 2.86. The van der Waals surface area contributed by atoms with E-state index < -0.39 is 0 Å². The highest BCUT2D eigenvalue weighted by atomic mass is 14.7. The third-order valence-corrected chi connectivity index (χ3v) is 4.17. The van der Waals surface area contributed by atoms with E-state index in [0.29, 0.717) is 5.92 Å². The second-order valence-corrected chi connectivity index (χ2v) is 5.49. The van der Waals surface area contributed by atoms with E-state index in [1.165, 1.54) is 36.8 Å². The Morgan fingerprint density at radius 2 is 2.29 bits per heavy atom. The van der Waals surface area contributed by atoms with Gasteiger partial charge in [0, 0.05) is 18.4 Å². The predicted molar refractivity (Wildman–Crippen MR) is 71.7 cm³/mol. The molecule has 1 heterocycles. The molecule has 94 valence electrons. The van der Waals surface area contributed by atoms with Crippen molar-refractivity contribution in [2.24, 2.45) is 17.6 Å². The predicted octanol–water partition coefficient (Wildman–Crippen LogP) is 3.47. The average molecular weight is 232 g/mol. The van der Waals surface area contributed by atoms with E-state index in [2.05, 4.69) is 24.9 Å². The van der Waals surface area contributed by atoms with Crippen LogP contribution in [0.2, 0.25) is 0 Å². The normalized spacial score (nSPS) is 26.8. The molecule has 2 rings (SSSR count). The smallest absolute Gasteiger partial charge is 0.0327 e. The minimum Gasteiger partial charge on any atom is -0.324 e. The quantitative estimate of drug-likeness (QED) is 0.866. The Bertz CT molecular complexity index is 362. The number of aromatic nitrogens is 1. The van der Waals surface area contributed by atoms with E-state index in [4.69, 9.17) is 5.73 Å². The van der Waals surface area contributed by atoms with Gasteiger partial charge in [-0.3, -0.25) is 4.98 Å². The molecule has 1 aromatic heterocycles. The number of pyridine rings is 1. The van der Waals surface area contributed by atoms with Crippen molar-refractivity contribution in [3.05, 3.63) is 29.6 Å². The molecule has 0 amide bonds. The van der Waals surface area contributed by atoms with Gasteiger partial charge in [0.2, 0.25) is 0 Å². The van der Waals surface area contributed by atoms with Crippen LogP contribution in [-0.4, -0.2) is 4.98 Å². The van der Waals surface area contributed by atoms with Gasteiger partial charge in [0.1, 0.15) is 0 Å². The van der Waals surface area contributed by atoms with E-state index in [0.717, 1.165) is 12.3 Å². The maximum absolute atomic E-state index is 6.48. The molecule has 0 radical (unpaired) electrons. The SMILES string of the molecule is CCc1cnccc1C(N)C1CCCC(C)C1. The zero-order valence-corrected chi connectivity index (χ0v) is 11.0. The third-order valence-electron chi connectivity index (χ3n) is 4.17. The first-order valence-corrected chi connectivity index (χ1v) is 6.90. The second-order valence-electron chi connectivity index (χ2n) is 5.49. The van der Waals surface area contributed by atoms with Gasteiger partial charge in [-0.1, -0.05) is 26.7 Å². The first kappa shape index (κ1) is 12.6. The molecule has 1 aliphatic carbocycles. The van der Waals surface area contributed by atoms with Crippen molar-refractivity contribution in [3.63, 3.8) is 0 Å². The molecule has 2 nitrogen and oxygen atoms in total. The number of nitrogens with two attached hydrogens (primary N) is 1. The summed E-state index contributed by atoms with van der Waals surface area (Å²) in [5.41, 5.74) is 9.12. The average Bonchev–Trinajstić information content (AvgIpc) is 2.38. The number of rotatable bonds is 3. The van der Waals surface area contributed by atoms with Crippen molar-refractivity contribution in [1.82, 2.24) is 4.98 Å². The van der Waals surface area contributed by atoms with Crippen LogP contribution in [0, 0.1) is 11.8 Å². The minimum absolute atomic E-state index is 0.204. The molecule has 1 fully saturated rings. The van der Waals surface area contributed by atoms with Crippen LogP contribution in [0.25, 0.3) is 0 Å². The fourth-order valence-electron chi connectivity index (χ4n) is 3.12. The standard InChI is InChI=1S/C15H24N2/c1-3-12-10-17-8-7-14(12)15(16)13-6-4-5-11(2)9-13/h7-8,10-11,13,15H,3-6,9,16H2,1-2H3. The molecule has 0 aliphatic heterocycles. The summed E-state index contributed by atoms with van der Waals surface area (Å²) in [4.78, 5) is 4.20. The van der Waals surface area contributed by atoms with Gasteiger partial charge < -0.3 is 5.73 Å². The molecule has 2 heteroatoms. The molecule has 3 unspecified atom stereocenters. The second kappa shape index (κ2) is 5.63. The maximum Gasteiger partial charge on any atom is 0.0327 e. The summed E-state index contributed by atoms with van der Waals surface area (Å²) in [6.07, 6.45) is 10.2. The summed E-state index contributed by atoms with van der Waals surface area (Å²) in [7, 11) is 0. The van der Waals surface area contributed by atoms with E-state index in [1.54, 1.807) is 0 Å². The van der Waals surface area contributed by atoms with Crippen molar-refractivity contribution in [2.45, 2.75) is 52.0 Å². The lowest BCUT2D eigenvalue weighted by Gasteiger charge is -2.32. The van der Waals surface area contributed by atoms with Gasteiger partial charge in [-0.2, -0.15) is 0 Å². The van der Waals surface area contributed by atoms with Gasteiger partial charge in [0.05, 0.1) is 0 Å². The highest BCUT2D eigenvalue weighted by Crippen LogP contribution is 2.36. The number of hydrogen-bond donors (Lipinski definition) is 1. The van der Waals surface area contributed by atoms with Crippen molar-refractivity contribution in [3.8, 4) is 0 Å². The van der Waals surface area contributed by atoms with Crippen LogP contribution >= 0.6 is 0 Å². The Morgan fingerprint density at radius 3 is 3.00 bits per heavy atom. The molecule has 1 aromatic rings. The minimum atomic E-state index is 0.204. The largest absolute Gasteiger partial charge is 0.324 e. The van der Waals surface area contributed by atoms with Crippen LogP contribution in [0.5, 0.6) is 0 Å². The highest BCUT2D eigenvalue weighted by Gasteiger charge is 2.26. The number of aryl methyl sites for hydroxylation is 1. The van der Waals surface area contributed by atoms with Gasteiger partial charge in [-0.05, 0) is 48.3 Å². The molecule has 0 saturated heterocycles. The Labute approximate surface area is 105 Å². The molecule has 1 saturated carbocycles. The van der Waals surface area contributed by atoms with Crippen LogP contribution in [-0.2, 0) is 6.42 Å². The Kier molecular flexibility index (Phi) is 4.16. The summed E-state index contributed by atoms with van der Waals surface area (Å²) >= 11 is 0. The van der Waals surface area contributed by atoms with Crippen molar-refractivity contribution >= 4 is 0 Å². The number of hydrogen-bond acceptors (Lipinski definition) is 2. The molecule has 0 aromatic carbocycles. The molecule has 3 atom stereocenters. The monoisotopic (exact) mass is 232 g/mol. The lowest BCUT2D eigenvalue weighted by Crippen LogP contribution is -2.27. The van der Waals surface area contributed by atoms with Gasteiger partial charge in [0.15, 0.2) is 0 Å². The van der Waals surface area contributed by atoms with Crippen LogP contribution in [0.15, 0.2) is 18.5 Å². The highest BCUT2D eigenvalue weighted by molar-refractivity contribution is 5.27. The van der Waals surface area contributed by atoms with Crippen LogP contribution in [0.4, 0.5) is 0 Å². The molecule has 17 heavy (non-hydrogen) atoms. The van der Waals surface area contributed by atoms with Gasteiger partial charge in [0.25, 0.3) is 0 Å². The summed E-state index contributed by atoms with van der Waals surface area (Å²) < 4.78 is 0. The number of nitrogens with zero attached hydrogens (tertiary/aromatic N) is 1. The first-order valence-electron chi connectivity index (χ1n) is 6.90. The zero-order chi connectivity index (χ0) is 12.3. The van der Waals surface area contributed by atoms with Crippen LogP contribution in [0.3, 0.4) is 0 Å². The molecule has 2 N–H and O–H groups in total. The summed E-state index contributed by atoms with van der Waals surface area (Å²) in [5, 5.41) is 0. The van der Waals surface area contributed by atoms with E-state index in [1.807, 2.05) is 12.4 Å². The van der Waals surface area contributed by atoms with Crippen LogP contribution < -0.4 is 5.73 Å². The fourth-order valence-corrected chi connectivity index (χ4v) is 3.12. The Balaban J connectivity index is 2.15. The molecular formula is C15H24N2. The lowest BCUT2D eigenvalue weighted by atomic mass is 9.76. The van der Waals surface area contributed by atoms with E-state index >= 15 is 0 Å². The lowest BCUT2D eigenvalue weighted by molar-refractivity contribution is 0.247. The van der Waals surface area contributed by atoms with E-state index in [9.17, 15) is 0 Å². The van der Waals surface area contributed by atoms with Crippen molar-refractivity contribution in [1.29, 1.82) is 0 Å². The van der Waals surface area contributed by atoms with E-state index in [-0.39, 0.29) is 6.04 Å². The first-order chi connectivity index (χ1) is 8.22. The fraction of sp³-hybridized carbons (Fsp3) is 0.667.